The molecule has 0 rings (SSSR count). The van der Waals surface area contributed by atoms with E-state index in [0.717, 1.165) is 0 Å². The molecule has 0 aliphatic heterocycles. The molecule has 0 aromatic heterocycles. The van der Waals surface area contributed by atoms with Crippen molar-refractivity contribution in [2.45, 2.75) is 0 Å². The summed E-state index contributed by atoms with van der Waals surface area (Å²) < 4.78 is 61.4. The van der Waals surface area contributed by atoms with E-state index in [9.17, 15) is 8.42 Å². The van der Waals surface area contributed by atoms with Crippen LogP contribution in [0.2, 0.25) is 0 Å². The fourth-order valence-electron chi connectivity index (χ4n) is 0.149. The molecule has 76 valence electrons. The second-order valence-corrected chi connectivity index (χ2v) is 3.87. The molecule has 0 fully saturated rings. The largest absolute Gasteiger partial charge is 1.00 e. The van der Waals surface area contributed by atoms with Crippen LogP contribution in [0.5, 0.6) is 0 Å². The smallest absolute Gasteiger partial charge is 0.759 e. The summed E-state index contributed by atoms with van der Waals surface area (Å²) in [5.41, 5.74) is 4.78. The third kappa shape index (κ3) is 67.7. The average Bonchev–Trinajstić information content (AvgIpc) is 1.54. The van der Waals surface area contributed by atoms with E-state index in [1.165, 1.54) is 0 Å². The van der Waals surface area contributed by atoms with Crippen LogP contribution >= 0.6 is 0 Å². The Bertz CT molecular complexity index is 288. The van der Waals surface area contributed by atoms with Crippen molar-refractivity contribution < 1.29 is 89.6 Å². The van der Waals surface area contributed by atoms with Gasteiger partial charge in [0.15, 0.2) is 0 Å². The van der Waals surface area contributed by atoms with Gasteiger partial charge in [-0.2, -0.15) is 8.42 Å². The summed E-state index contributed by atoms with van der Waals surface area (Å²) >= 11 is 0. The quantitative estimate of drug-likeness (QED) is 0.283. The van der Waals surface area contributed by atoms with Crippen LogP contribution in [0, 0.1) is 0 Å². The molecule has 0 aromatic rings. The Labute approximate surface area is 127 Å². The van der Waals surface area contributed by atoms with Gasteiger partial charge >= 0.3 is 59.1 Å². The standard InChI is InChI=1S/C2H7NO3S.2Na.H2O4S/c3-1-2-7(4,5)6;;;1-5(2,3)4/h1-3H2,(H,4,5,6);;;(H2,1,2,3,4)/q;2*+1;/p-2. The van der Waals surface area contributed by atoms with Crippen molar-refractivity contribution in [3.8, 4) is 0 Å². The van der Waals surface area contributed by atoms with Crippen LogP contribution in [0.25, 0.3) is 0 Å². The average molecular weight is 267 g/mol. The van der Waals surface area contributed by atoms with Gasteiger partial charge in [0.05, 0.1) is 5.75 Å². The Hall–Kier alpha value is 1.74. The molecule has 0 amide bonds. The van der Waals surface area contributed by atoms with Gasteiger partial charge in [-0.05, 0) is 0 Å². The minimum Gasteiger partial charge on any atom is -0.759 e. The fraction of sp³-hybridized carbons (Fsp3) is 1.00. The maximum atomic E-state index is 9.71. The Morgan fingerprint density at radius 3 is 1.29 bits per heavy atom. The van der Waals surface area contributed by atoms with Crippen LogP contribution in [0.15, 0.2) is 0 Å². The van der Waals surface area contributed by atoms with E-state index in [0.29, 0.717) is 0 Å². The molecule has 0 aromatic carbocycles. The second-order valence-electron chi connectivity index (χ2n) is 1.48. The van der Waals surface area contributed by atoms with Gasteiger partial charge in [0.1, 0.15) is 0 Å². The van der Waals surface area contributed by atoms with Crippen LogP contribution in [0.3, 0.4) is 0 Å². The Morgan fingerprint density at radius 2 is 1.29 bits per heavy atom. The molecule has 0 unspecified atom stereocenters. The predicted molar refractivity (Wildman–Crippen MR) is 35.9 cm³/mol. The number of hydrogen-bond donors (Lipinski definition) is 2. The van der Waals surface area contributed by atoms with Gasteiger partial charge < -0.3 is 14.8 Å². The number of nitrogens with two attached hydrogens (primary N) is 1. The number of hydrogen-bond acceptors (Lipinski definition) is 7. The zero-order chi connectivity index (χ0) is 10.4. The molecule has 0 aliphatic carbocycles. The van der Waals surface area contributed by atoms with Gasteiger partial charge in [0.25, 0.3) is 10.1 Å². The molecule has 0 atom stereocenters. The van der Waals surface area contributed by atoms with E-state index in [4.69, 9.17) is 27.8 Å². The zero-order valence-electron chi connectivity index (χ0n) is 7.70. The van der Waals surface area contributed by atoms with E-state index >= 15 is 0 Å². The third-order valence-electron chi connectivity index (χ3n) is 0.376. The van der Waals surface area contributed by atoms with E-state index in [-0.39, 0.29) is 71.4 Å². The van der Waals surface area contributed by atoms with Gasteiger partial charge in [0.2, 0.25) is 0 Å². The molecule has 0 radical (unpaired) electrons. The molecule has 0 saturated carbocycles. The van der Waals surface area contributed by atoms with Crippen LogP contribution in [-0.4, -0.2) is 42.8 Å². The SMILES string of the molecule is NCCS(=O)(=O)O.O=S(=O)([O-])[O-].[Na+].[Na+]. The molecule has 0 saturated heterocycles. The first-order chi connectivity index (χ1) is 5.06. The van der Waals surface area contributed by atoms with Crippen molar-refractivity contribution in [1.29, 1.82) is 0 Å². The molecule has 8 nitrogen and oxygen atoms in total. The van der Waals surface area contributed by atoms with Crippen molar-refractivity contribution in [2.75, 3.05) is 12.3 Å². The Balaban J connectivity index is -0.0000000651. The topological polar surface area (TPSA) is 161 Å². The van der Waals surface area contributed by atoms with Crippen molar-refractivity contribution >= 4 is 20.5 Å². The first-order valence-corrected chi connectivity index (χ1v) is 5.32. The molecule has 0 spiro atoms. The second kappa shape index (κ2) is 11.2. The summed E-state index contributed by atoms with van der Waals surface area (Å²) in [4.78, 5) is 0. The minimum atomic E-state index is -5.17. The molecule has 14 heavy (non-hydrogen) atoms. The van der Waals surface area contributed by atoms with Crippen molar-refractivity contribution in [2.24, 2.45) is 5.73 Å². The first kappa shape index (κ1) is 24.8. The Kier molecular flexibility index (Phi) is 19.9. The van der Waals surface area contributed by atoms with E-state index in [1.54, 1.807) is 0 Å². The predicted octanol–water partition coefficient (Wildman–Crippen LogP) is -8.50. The van der Waals surface area contributed by atoms with Crippen molar-refractivity contribution in [1.82, 2.24) is 0 Å². The van der Waals surface area contributed by atoms with Crippen LogP contribution in [-0.2, 0) is 20.5 Å². The molecular weight excluding hydrogens is 260 g/mol. The van der Waals surface area contributed by atoms with Gasteiger partial charge in [-0.3, -0.25) is 13.0 Å². The molecule has 0 aliphatic rings. The molecule has 0 heterocycles. The normalized spacial score (nSPS) is 10.0. The molecule has 3 N–H and O–H groups in total. The van der Waals surface area contributed by atoms with E-state index < -0.39 is 20.5 Å². The summed E-state index contributed by atoms with van der Waals surface area (Å²) in [6.07, 6.45) is 0. The number of rotatable bonds is 2. The fourth-order valence-corrected chi connectivity index (χ4v) is 0.447. The minimum absolute atomic E-state index is 0. The summed E-state index contributed by atoms with van der Waals surface area (Å²) in [7, 11) is -8.97. The van der Waals surface area contributed by atoms with Gasteiger partial charge in [-0.1, -0.05) is 0 Å². The van der Waals surface area contributed by atoms with Gasteiger partial charge in [-0.15, -0.1) is 0 Å². The van der Waals surface area contributed by atoms with Gasteiger partial charge in [-0.25, -0.2) is 0 Å². The summed E-state index contributed by atoms with van der Waals surface area (Å²) in [6.45, 7) is -0.0289. The molecule has 0 bridgehead atoms. The zero-order valence-corrected chi connectivity index (χ0v) is 13.3. The van der Waals surface area contributed by atoms with Gasteiger partial charge in [0, 0.05) is 16.9 Å². The third-order valence-corrected chi connectivity index (χ3v) is 1.13. The first-order valence-electron chi connectivity index (χ1n) is 2.38. The van der Waals surface area contributed by atoms with Crippen LogP contribution in [0.4, 0.5) is 0 Å². The molecular formula is C2H7NNa2O7S2. The monoisotopic (exact) mass is 267 g/mol. The van der Waals surface area contributed by atoms with Crippen molar-refractivity contribution in [3.63, 3.8) is 0 Å². The Morgan fingerprint density at radius 1 is 1.07 bits per heavy atom. The van der Waals surface area contributed by atoms with E-state index in [2.05, 4.69) is 0 Å². The van der Waals surface area contributed by atoms with Crippen LogP contribution in [0.1, 0.15) is 0 Å². The maximum absolute atomic E-state index is 9.71. The van der Waals surface area contributed by atoms with Crippen molar-refractivity contribution in [3.05, 3.63) is 0 Å². The van der Waals surface area contributed by atoms with Crippen LogP contribution < -0.4 is 64.8 Å². The summed E-state index contributed by atoms with van der Waals surface area (Å²) in [5, 5.41) is 0. The van der Waals surface area contributed by atoms with E-state index in [1.807, 2.05) is 0 Å². The summed E-state index contributed by atoms with van der Waals surface area (Å²) in [6, 6.07) is 0. The molecule has 12 heteroatoms. The summed E-state index contributed by atoms with van der Waals surface area (Å²) in [5.74, 6) is -0.354. The maximum Gasteiger partial charge on any atom is 1.00 e.